The number of amides is 2. The van der Waals surface area contributed by atoms with Crippen LogP contribution in [-0.4, -0.2) is 43.4 Å². The summed E-state index contributed by atoms with van der Waals surface area (Å²) in [6.45, 7) is 1.79. The Labute approximate surface area is 117 Å². The number of nitrogens with zero attached hydrogens (tertiary/aromatic N) is 1. The van der Waals surface area contributed by atoms with Gasteiger partial charge in [0.15, 0.2) is 0 Å². The van der Waals surface area contributed by atoms with E-state index in [2.05, 4.69) is 10.6 Å². The number of halogens is 1. The van der Waals surface area contributed by atoms with E-state index in [1.165, 1.54) is 4.90 Å². The standard InChI is InChI=1S/C13H18ClN3O2/c1-9(13(19)17(2)3)15-8-12(18)16-11-6-4-10(14)5-7-11/h4-7,9,15H,8H2,1-3H3,(H,16,18). The molecule has 1 atom stereocenters. The van der Waals surface area contributed by atoms with Crippen molar-refractivity contribution in [1.29, 1.82) is 0 Å². The molecule has 5 nitrogen and oxygen atoms in total. The molecule has 0 heterocycles. The molecule has 0 aliphatic heterocycles. The Morgan fingerprint density at radius 1 is 1.26 bits per heavy atom. The third-order valence-electron chi connectivity index (χ3n) is 2.51. The number of anilines is 1. The molecule has 0 radical (unpaired) electrons. The fourth-order valence-corrected chi connectivity index (χ4v) is 1.58. The molecule has 0 saturated carbocycles. The quantitative estimate of drug-likeness (QED) is 0.857. The van der Waals surface area contributed by atoms with Gasteiger partial charge in [0, 0.05) is 24.8 Å². The molecule has 0 aliphatic rings. The Morgan fingerprint density at radius 2 is 1.84 bits per heavy atom. The number of nitrogens with one attached hydrogen (secondary N) is 2. The summed E-state index contributed by atoms with van der Waals surface area (Å²) < 4.78 is 0. The lowest BCUT2D eigenvalue weighted by Gasteiger charge is -2.17. The summed E-state index contributed by atoms with van der Waals surface area (Å²) in [6.07, 6.45) is 0. The van der Waals surface area contributed by atoms with Crippen molar-refractivity contribution < 1.29 is 9.59 Å². The molecule has 0 aliphatic carbocycles. The highest BCUT2D eigenvalue weighted by molar-refractivity contribution is 6.30. The summed E-state index contributed by atoms with van der Waals surface area (Å²) in [5, 5.41) is 6.19. The van der Waals surface area contributed by atoms with Gasteiger partial charge in [0.05, 0.1) is 12.6 Å². The SMILES string of the molecule is CC(NCC(=O)Nc1ccc(Cl)cc1)C(=O)N(C)C. The van der Waals surface area contributed by atoms with Gasteiger partial charge in [-0.2, -0.15) is 0 Å². The fourth-order valence-electron chi connectivity index (χ4n) is 1.46. The van der Waals surface area contributed by atoms with E-state index in [0.29, 0.717) is 10.7 Å². The van der Waals surface area contributed by atoms with Gasteiger partial charge < -0.3 is 10.2 Å². The number of likely N-dealkylation sites (N-methyl/N-ethyl adjacent to an activating group) is 1. The van der Waals surface area contributed by atoms with Crippen molar-refractivity contribution in [3.8, 4) is 0 Å². The van der Waals surface area contributed by atoms with Crippen LogP contribution in [0.15, 0.2) is 24.3 Å². The maximum absolute atomic E-state index is 11.7. The molecule has 1 aromatic carbocycles. The molecule has 0 saturated heterocycles. The molecule has 2 N–H and O–H groups in total. The topological polar surface area (TPSA) is 61.4 Å². The van der Waals surface area contributed by atoms with Gasteiger partial charge in [0.1, 0.15) is 0 Å². The summed E-state index contributed by atoms with van der Waals surface area (Å²) in [4.78, 5) is 24.7. The Hall–Kier alpha value is -1.59. The van der Waals surface area contributed by atoms with E-state index in [0.717, 1.165) is 0 Å². The first-order valence-corrected chi connectivity index (χ1v) is 6.28. The lowest BCUT2D eigenvalue weighted by atomic mass is 10.3. The minimum Gasteiger partial charge on any atom is -0.347 e. The van der Waals surface area contributed by atoms with E-state index in [1.54, 1.807) is 45.3 Å². The highest BCUT2D eigenvalue weighted by Gasteiger charge is 2.15. The van der Waals surface area contributed by atoms with Crippen LogP contribution in [-0.2, 0) is 9.59 Å². The molecule has 0 aromatic heterocycles. The largest absolute Gasteiger partial charge is 0.347 e. The van der Waals surface area contributed by atoms with Gasteiger partial charge in [-0.05, 0) is 31.2 Å². The first-order valence-electron chi connectivity index (χ1n) is 5.90. The summed E-state index contributed by atoms with van der Waals surface area (Å²) in [5.74, 6) is -0.278. The van der Waals surface area contributed by atoms with Gasteiger partial charge in [-0.15, -0.1) is 0 Å². The zero-order valence-corrected chi connectivity index (χ0v) is 12.0. The Morgan fingerprint density at radius 3 is 2.37 bits per heavy atom. The minimum absolute atomic E-state index is 0.0701. The molecule has 1 unspecified atom stereocenters. The monoisotopic (exact) mass is 283 g/mol. The average molecular weight is 284 g/mol. The van der Waals surface area contributed by atoms with E-state index in [1.807, 2.05) is 0 Å². The molecule has 1 aromatic rings. The van der Waals surface area contributed by atoms with Crippen molar-refractivity contribution in [3.05, 3.63) is 29.3 Å². The maximum Gasteiger partial charge on any atom is 0.238 e. The molecular formula is C13H18ClN3O2. The summed E-state index contributed by atoms with van der Waals surface area (Å²) in [6, 6.07) is 6.43. The lowest BCUT2D eigenvalue weighted by Crippen LogP contribution is -2.44. The Bertz CT molecular complexity index is 446. The maximum atomic E-state index is 11.7. The predicted octanol–water partition coefficient (Wildman–Crippen LogP) is 1.34. The number of carbonyl (C=O) groups is 2. The predicted molar refractivity (Wildman–Crippen MR) is 76.2 cm³/mol. The van der Waals surface area contributed by atoms with Crippen molar-refractivity contribution in [2.24, 2.45) is 0 Å². The Kier molecular flexibility index (Phi) is 5.79. The zero-order chi connectivity index (χ0) is 14.4. The van der Waals surface area contributed by atoms with Crippen molar-refractivity contribution in [3.63, 3.8) is 0 Å². The lowest BCUT2D eigenvalue weighted by molar-refractivity contribution is -0.130. The third kappa shape index (κ3) is 5.28. The summed E-state index contributed by atoms with van der Waals surface area (Å²) >= 11 is 5.75. The molecule has 2 amide bonds. The normalized spacial score (nSPS) is 11.8. The van der Waals surface area contributed by atoms with Crippen LogP contribution in [0.2, 0.25) is 5.02 Å². The van der Waals surface area contributed by atoms with E-state index in [9.17, 15) is 9.59 Å². The number of hydrogen-bond acceptors (Lipinski definition) is 3. The van der Waals surface area contributed by atoms with Gasteiger partial charge in [0.25, 0.3) is 0 Å². The van der Waals surface area contributed by atoms with Crippen LogP contribution < -0.4 is 10.6 Å². The van der Waals surface area contributed by atoms with Crippen LogP contribution in [0.1, 0.15) is 6.92 Å². The summed E-state index contributed by atoms with van der Waals surface area (Å²) in [7, 11) is 3.35. The van der Waals surface area contributed by atoms with Crippen LogP contribution in [0, 0.1) is 0 Å². The second kappa shape index (κ2) is 7.11. The highest BCUT2D eigenvalue weighted by atomic mass is 35.5. The van der Waals surface area contributed by atoms with Gasteiger partial charge >= 0.3 is 0 Å². The van der Waals surface area contributed by atoms with Crippen LogP contribution in [0.25, 0.3) is 0 Å². The fraction of sp³-hybridized carbons (Fsp3) is 0.385. The highest BCUT2D eigenvalue weighted by Crippen LogP contribution is 2.12. The van der Waals surface area contributed by atoms with Crippen LogP contribution in [0.3, 0.4) is 0 Å². The smallest absolute Gasteiger partial charge is 0.238 e. The molecule has 19 heavy (non-hydrogen) atoms. The molecule has 104 valence electrons. The number of benzene rings is 1. The second-order valence-corrected chi connectivity index (χ2v) is 4.83. The molecule has 0 bridgehead atoms. The van der Waals surface area contributed by atoms with Crippen LogP contribution >= 0.6 is 11.6 Å². The average Bonchev–Trinajstić information content (AvgIpc) is 2.37. The molecule has 1 rings (SSSR count). The van der Waals surface area contributed by atoms with Crippen molar-refractivity contribution in [2.75, 3.05) is 26.0 Å². The van der Waals surface area contributed by atoms with Crippen molar-refractivity contribution >= 4 is 29.1 Å². The van der Waals surface area contributed by atoms with Gasteiger partial charge in [-0.3, -0.25) is 14.9 Å². The van der Waals surface area contributed by atoms with Crippen LogP contribution in [0.5, 0.6) is 0 Å². The summed E-state index contributed by atoms with van der Waals surface area (Å²) in [5.41, 5.74) is 0.669. The zero-order valence-electron chi connectivity index (χ0n) is 11.2. The number of rotatable bonds is 5. The first-order chi connectivity index (χ1) is 8.90. The molecular weight excluding hydrogens is 266 g/mol. The van der Waals surface area contributed by atoms with E-state index < -0.39 is 6.04 Å². The van der Waals surface area contributed by atoms with E-state index in [-0.39, 0.29) is 18.4 Å². The van der Waals surface area contributed by atoms with E-state index >= 15 is 0 Å². The van der Waals surface area contributed by atoms with Gasteiger partial charge in [-0.1, -0.05) is 11.6 Å². The third-order valence-corrected chi connectivity index (χ3v) is 2.76. The molecule has 0 spiro atoms. The number of carbonyl (C=O) groups excluding carboxylic acids is 2. The minimum atomic E-state index is -0.397. The van der Waals surface area contributed by atoms with Crippen molar-refractivity contribution in [1.82, 2.24) is 10.2 Å². The number of hydrogen-bond donors (Lipinski definition) is 2. The van der Waals surface area contributed by atoms with Crippen LogP contribution in [0.4, 0.5) is 5.69 Å². The van der Waals surface area contributed by atoms with Crippen molar-refractivity contribution in [2.45, 2.75) is 13.0 Å². The molecule has 6 heteroatoms. The van der Waals surface area contributed by atoms with Gasteiger partial charge in [0.2, 0.25) is 11.8 Å². The second-order valence-electron chi connectivity index (χ2n) is 4.39. The first kappa shape index (κ1) is 15.5. The van der Waals surface area contributed by atoms with Gasteiger partial charge in [-0.25, -0.2) is 0 Å². The molecule has 0 fully saturated rings. The van der Waals surface area contributed by atoms with E-state index in [4.69, 9.17) is 11.6 Å². The Balaban J connectivity index is 2.40.